The minimum atomic E-state index is -0.208. The Kier molecular flexibility index (Phi) is 4.85. The molecule has 1 N–H and O–H groups in total. The molecule has 2 aromatic rings. The summed E-state index contributed by atoms with van der Waals surface area (Å²) in [4.78, 5) is 28.0. The maximum Gasteiger partial charge on any atom is 0.292 e. The first kappa shape index (κ1) is 17.0. The highest BCUT2D eigenvalue weighted by Gasteiger charge is 2.46. The lowest BCUT2D eigenvalue weighted by atomic mass is 9.89. The lowest BCUT2D eigenvalue weighted by Gasteiger charge is -2.32. The Hall–Kier alpha value is -2.46. The van der Waals surface area contributed by atoms with E-state index in [1.54, 1.807) is 0 Å². The van der Waals surface area contributed by atoms with E-state index >= 15 is 0 Å². The van der Waals surface area contributed by atoms with E-state index in [1.807, 2.05) is 30.3 Å². The Bertz CT molecular complexity index is 767. The molecule has 2 aromatic carbocycles. The third-order valence-electron chi connectivity index (χ3n) is 5.77. The van der Waals surface area contributed by atoms with Gasteiger partial charge in [0.05, 0.1) is 25.2 Å². The van der Waals surface area contributed by atoms with Gasteiger partial charge in [0.2, 0.25) is 5.91 Å². The van der Waals surface area contributed by atoms with Gasteiger partial charge in [-0.05, 0) is 42.9 Å². The highest BCUT2D eigenvalue weighted by Crippen LogP contribution is 2.22. The maximum absolute atomic E-state index is 12.9. The number of quaternary nitrogens is 1. The van der Waals surface area contributed by atoms with Crippen LogP contribution in [0, 0.1) is 5.92 Å². The molecule has 0 saturated carbocycles. The summed E-state index contributed by atoms with van der Waals surface area (Å²) in [5.41, 5.74) is 2.09. The number of carbonyl (C=O) groups is 2. The predicted octanol–water partition coefficient (Wildman–Crippen LogP) is 1.86. The van der Waals surface area contributed by atoms with Gasteiger partial charge in [-0.15, -0.1) is 0 Å². The molecule has 0 aliphatic carbocycles. The van der Waals surface area contributed by atoms with Crippen molar-refractivity contribution in [3.63, 3.8) is 0 Å². The molecule has 2 aliphatic rings. The van der Waals surface area contributed by atoms with Gasteiger partial charge in [-0.2, -0.15) is 0 Å². The number of carbonyl (C=O) groups excluding carboxylic acids is 2. The number of imide groups is 1. The molecule has 2 amide bonds. The van der Waals surface area contributed by atoms with Crippen molar-refractivity contribution in [3.8, 4) is 0 Å². The fourth-order valence-electron chi connectivity index (χ4n) is 4.35. The second-order valence-corrected chi connectivity index (χ2v) is 7.45. The molecule has 0 spiro atoms. The first-order valence-corrected chi connectivity index (χ1v) is 9.52. The molecule has 4 heteroatoms. The summed E-state index contributed by atoms with van der Waals surface area (Å²) >= 11 is 0. The summed E-state index contributed by atoms with van der Waals surface area (Å²) in [5, 5.41) is 0. The zero-order valence-corrected chi connectivity index (χ0v) is 14.9. The van der Waals surface area contributed by atoms with E-state index in [-0.39, 0.29) is 17.9 Å². The van der Waals surface area contributed by atoms with Crippen LogP contribution in [0.4, 0.5) is 5.69 Å². The molecular weight excluding hydrogens is 324 g/mol. The Morgan fingerprint density at radius 1 is 0.885 bits per heavy atom. The van der Waals surface area contributed by atoms with Crippen molar-refractivity contribution in [2.24, 2.45) is 5.92 Å². The molecule has 0 bridgehead atoms. The lowest BCUT2D eigenvalue weighted by molar-refractivity contribution is -0.920. The van der Waals surface area contributed by atoms with Crippen molar-refractivity contribution in [1.82, 2.24) is 0 Å². The molecule has 2 fully saturated rings. The SMILES string of the molecule is O=C1C[C@@H]([NH+]2CCC(Cc3ccccc3)CC2)C(=O)N1c1ccccc1. The van der Waals surface area contributed by atoms with E-state index in [0.717, 1.165) is 32.4 Å². The quantitative estimate of drug-likeness (QED) is 0.856. The maximum atomic E-state index is 12.9. The molecule has 0 unspecified atom stereocenters. The number of para-hydroxylation sites is 1. The fraction of sp³-hybridized carbons (Fsp3) is 0.364. The highest BCUT2D eigenvalue weighted by atomic mass is 16.2. The Morgan fingerprint density at radius 2 is 1.50 bits per heavy atom. The average Bonchev–Trinajstić information content (AvgIpc) is 2.98. The molecule has 0 radical (unpaired) electrons. The molecule has 2 aliphatic heterocycles. The number of hydrogen-bond acceptors (Lipinski definition) is 2. The van der Waals surface area contributed by atoms with Crippen molar-refractivity contribution in [2.75, 3.05) is 18.0 Å². The van der Waals surface area contributed by atoms with Gasteiger partial charge in [-0.1, -0.05) is 48.5 Å². The van der Waals surface area contributed by atoms with Crippen molar-refractivity contribution in [2.45, 2.75) is 31.7 Å². The van der Waals surface area contributed by atoms with E-state index in [0.29, 0.717) is 18.0 Å². The average molecular weight is 349 g/mol. The van der Waals surface area contributed by atoms with Gasteiger partial charge in [0.25, 0.3) is 5.91 Å². The zero-order chi connectivity index (χ0) is 17.9. The molecule has 26 heavy (non-hydrogen) atoms. The van der Waals surface area contributed by atoms with E-state index in [1.165, 1.54) is 15.4 Å². The van der Waals surface area contributed by atoms with Crippen LogP contribution in [0.15, 0.2) is 60.7 Å². The lowest BCUT2D eigenvalue weighted by Crippen LogP contribution is -3.17. The summed E-state index contributed by atoms with van der Waals surface area (Å²) in [6.45, 7) is 1.95. The Labute approximate surface area is 154 Å². The molecule has 4 nitrogen and oxygen atoms in total. The van der Waals surface area contributed by atoms with Crippen LogP contribution < -0.4 is 9.80 Å². The number of hydrogen-bond donors (Lipinski definition) is 1. The highest BCUT2D eigenvalue weighted by molar-refractivity contribution is 6.21. The zero-order valence-electron chi connectivity index (χ0n) is 14.9. The molecule has 134 valence electrons. The van der Waals surface area contributed by atoms with Crippen molar-refractivity contribution < 1.29 is 14.5 Å². The van der Waals surface area contributed by atoms with Gasteiger partial charge < -0.3 is 4.90 Å². The number of piperidine rings is 1. The summed E-state index contributed by atoms with van der Waals surface area (Å²) < 4.78 is 0. The van der Waals surface area contributed by atoms with Crippen LogP contribution in [-0.4, -0.2) is 30.9 Å². The standard InChI is InChI=1S/C22H24N2O2/c25-21-16-20(22(26)24(21)19-9-5-2-6-10-19)23-13-11-18(12-14-23)15-17-7-3-1-4-8-17/h1-10,18,20H,11-16H2/p+1/t20-/m1/s1. The third-order valence-corrected chi connectivity index (χ3v) is 5.77. The van der Waals surface area contributed by atoms with Crippen LogP contribution in [0.3, 0.4) is 0 Å². The van der Waals surface area contributed by atoms with Crippen LogP contribution >= 0.6 is 0 Å². The second kappa shape index (κ2) is 7.42. The number of nitrogens with one attached hydrogen (secondary N) is 1. The second-order valence-electron chi connectivity index (χ2n) is 7.45. The van der Waals surface area contributed by atoms with Crippen molar-refractivity contribution in [3.05, 3.63) is 66.2 Å². The van der Waals surface area contributed by atoms with E-state index in [4.69, 9.17) is 0 Å². The van der Waals surface area contributed by atoms with Crippen LogP contribution in [0.2, 0.25) is 0 Å². The molecule has 0 aromatic heterocycles. The molecule has 2 saturated heterocycles. The molecule has 4 rings (SSSR count). The Balaban J connectivity index is 1.37. The number of rotatable bonds is 4. The minimum absolute atomic E-state index is 0.0299. The fourth-order valence-corrected chi connectivity index (χ4v) is 4.35. The van der Waals surface area contributed by atoms with E-state index in [9.17, 15) is 9.59 Å². The normalized spacial score (nSPS) is 26.3. The predicted molar refractivity (Wildman–Crippen MR) is 101 cm³/mol. The van der Waals surface area contributed by atoms with Crippen LogP contribution in [0.25, 0.3) is 0 Å². The topological polar surface area (TPSA) is 41.8 Å². The summed E-state index contributed by atoms with van der Waals surface area (Å²) in [5.74, 6) is 0.585. The van der Waals surface area contributed by atoms with Crippen molar-refractivity contribution in [1.29, 1.82) is 0 Å². The number of nitrogens with zero attached hydrogens (tertiary/aromatic N) is 1. The molecule has 1 atom stereocenters. The number of benzene rings is 2. The van der Waals surface area contributed by atoms with Gasteiger partial charge in [-0.25, -0.2) is 4.90 Å². The number of amides is 2. The largest absolute Gasteiger partial charge is 0.324 e. The minimum Gasteiger partial charge on any atom is -0.324 e. The number of anilines is 1. The van der Waals surface area contributed by atoms with Crippen LogP contribution in [0.1, 0.15) is 24.8 Å². The summed E-state index contributed by atoms with van der Waals surface area (Å²) in [6.07, 6.45) is 3.69. The Morgan fingerprint density at radius 3 is 2.15 bits per heavy atom. The van der Waals surface area contributed by atoms with Crippen molar-refractivity contribution >= 4 is 17.5 Å². The molecule has 2 heterocycles. The number of likely N-dealkylation sites (tertiary alicyclic amines) is 1. The monoisotopic (exact) mass is 349 g/mol. The summed E-state index contributed by atoms with van der Waals surface area (Å²) in [6, 6.07) is 19.7. The first-order valence-electron chi connectivity index (χ1n) is 9.52. The van der Waals surface area contributed by atoms with Gasteiger partial charge >= 0.3 is 0 Å². The third kappa shape index (κ3) is 3.42. The van der Waals surface area contributed by atoms with Gasteiger partial charge in [0, 0.05) is 0 Å². The first-order chi connectivity index (χ1) is 12.7. The molecular formula is C22H25N2O2+. The van der Waals surface area contributed by atoms with Gasteiger partial charge in [0.15, 0.2) is 6.04 Å². The van der Waals surface area contributed by atoms with Gasteiger partial charge in [0.1, 0.15) is 0 Å². The van der Waals surface area contributed by atoms with Crippen LogP contribution in [-0.2, 0) is 16.0 Å². The summed E-state index contributed by atoms with van der Waals surface area (Å²) in [7, 11) is 0. The van der Waals surface area contributed by atoms with E-state index < -0.39 is 0 Å². The van der Waals surface area contributed by atoms with E-state index in [2.05, 4.69) is 30.3 Å². The smallest absolute Gasteiger partial charge is 0.292 e. The van der Waals surface area contributed by atoms with Crippen LogP contribution in [0.5, 0.6) is 0 Å². The van der Waals surface area contributed by atoms with Gasteiger partial charge in [-0.3, -0.25) is 9.59 Å².